The van der Waals surface area contributed by atoms with Gasteiger partial charge in [-0.15, -0.1) is 0 Å². The summed E-state index contributed by atoms with van der Waals surface area (Å²) in [6.07, 6.45) is 15.3. The smallest absolute Gasteiger partial charge is 0.184 e. The molecule has 0 saturated carbocycles. The molecule has 0 amide bonds. The maximum absolute atomic E-state index is 12.6. The number of aliphatic hydroxyl groups is 1. The van der Waals surface area contributed by atoms with Crippen molar-refractivity contribution in [2.24, 2.45) is 5.41 Å². The fourth-order valence-electron chi connectivity index (χ4n) is 4.02. The summed E-state index contributed by atoms with van der Waals surface area (Å²) in [5.41, 5.74) is 3.26. The van der Waals surface area contributed by atoms with E-state index in [4.69, 9.17) is 4.74 Å². The number of ether oxygens (including phenoxy) is 1. The van der Waals surface area contributed by atoms with Gasteiger partial charge in [-0.2, -0.15) is 0 Å². The second-order valence-corrected chi connectivity index (χ2v) is 10.3. The van der Waals surface area contributed by atoms with Crippen molar-refractivity contribution in [3.8, 4) is 0 Å². The van der Waals surface area contributed by atoms with E-state index in [9.17, 15) is 14.7 Å². The third kappa shape index (κ3) is 7.69. The van der Waals surface area contributed by atoms with Crippen LogP contribution in [0, 0.1) is 5.41 Å². The topological polar surface area (TPSA) is 63.6 Å². The second kappa shape index (κ2) is 11.2. The van der Waals surface area contributed by atoms with Crippen LogP contribution in [0.1, 0.15) is 85.5 Å². The van der Waals surface area contributed by atoms with Crippen LogP contribution in [0.5, 0.6) is 0 Å². The summed E-state index contributed by atoms with van der Waals surface area (Å²) < 4.78 is 5.45. The average molecular weight is 429 g/mol. The standard InChI is InChI=1S/C27H40O4/c1-26(2,19-28)17-7-11-22-15-13-20(24(22)29)9-6-10-21-14-16-23(25(21)30)12-8-18-27(3,4)31-5/h13-16,28H,6-12,17-19H2,1-5H3. The van der Waals surface area contributed by atoms with Gasteiger partial charge in [0.1, 0.15) is 0 Å². The summed E-state index contributed by atoms with van der Waals surface area (Å²) in [4.78, 5) is 25.2. The lowest BCUT2D eigenvalue weighted by Gasteiger charge is -2.22. The molecule has 0 saturated heterocycles. The van der Waals surface area contributed by atoms with Crippen LogP contribution in [-0.2, 0) is 14.3 Å². The predicted molar refractivity (Wildman–Crippen MR) is 126 cm³/mol. The van der Waals surface area contributed by atoms with Gasteiger partial charge in [0, 0.05) is 13.7 Å². The first-order chi connectivity index (χ1) is 14.6. The van der Waals surface area contributed by atoms with Gasteiger partial charge in [0.2, 0.25) is 0 Å². The van der Waals surface area contributed by atoms with Crippen molar-refractivity contribution in [3.05, 3.63) is 46.6 Å². The van der Waals surface area contributed by atoms with Crippen LogP contribution in [0.15, 0.2) is 46.6 Å². The van der Waals surface area contributed by atoms with Crippen LogP contribution in [-0.4, -0.2) is 36.0 Å². The van der Waals surface area contributed by atoms with Gasteiger partial charge < -0.3 is 9.84 Å². The van der Waals surface area contributed by atoms with Crippen molar-refractivity contribution in [1.82, 2.24) is 0 Å². The molecule has 4 heteroatoms. The highest BCUT2D eigenvalue weighted by Crippen LogP contribution is 2.30. The third-order valence-corrected chi connectivity index (χ3v) is 6.54. The van der Waals surface area contributed by atoms with Gasteiger partial charge in [0.15, 0.2) is 11.6 Å². The van der Waals surface area contributed by atoms with Crippen molar-refractivity contribution in [3.63, 3.8) is 0 Å². The molecular weight excluding hydrogens is 388 g/mol. The van der Waals surface area contributed by atoms with Crippen molar-refractivity contribution < 1.29 is 19.4 Å². The third-order valence-electron chi connectivity index (χ3n) is 6.54. The van der Waals surface area contributed by atoms with E-state index in [2.05, 4.69) is 13.8 Å². The summed E-state index contributed by atoms with van der Waals surface area (Å²) in [5.74, 6) is 0.334. The van der Waals surface area contributed by atoms with Gasteiger partial charge in [-0.3, -0.25) is 9.59 Å². The minimum absolute atomic E-state index is 0.0904. The Morgan fingerprint density at radius 1 is 0.710 bits per heavy atom. The highest BCUT2D eigenvalue weighted by molar-refractivity contribution is 6.11. The zero-order chi connectivity index (χ0) is 23.1. The Hall–Kier alpha value is -1.78. The van der Waals surface area contributed by atoms with Crippen LogP contribution in [0.25, 0.3) is 0 Å². The zero-order valence-corrected chi connectivity index (χ0v) is 20.1. The van der Waals surface area contributed by atoms with Crippen LogP contribution in [0.2, 0.25) is 0 Å². The molecule has 2 aliphatic rings. The number of ketones is 2. The molecule has 172 valence electrons. The number of allylic oxidation sites excluding steroid dienone is 8. The van der Waals surface area contributed by atoms with E-state index in [1.807, 2.05) is 38.2 Å². The highest BCUT2D eigenvalue weighted by Gasteiger charge is 2.23. The minimum atomic E-state index is -0.151. The number of aliphatic hydroxyl groups excluding tert-OH is 1. The molecule has 0 aliphatic heterocycles. The lowest BCUT2D eigenvalue weighted by molar-refractivity contribution is -0.112. The Labute approximate surface area is 188 Å². The summed E-state index contributed by atoms with van der Waals surface area (Å²) >= 11 is 0. The van der Waals surface area contributed by atoms with E-state index >= 15 is 0 Å². The van der Waals surface area contributed by atoms with Crippen molar-refractivity contribution >= 4 is 11.6 Å². The van der Waals surface area contributed by atoms with Gasteiger partial charge in [-0.25, -0.2) is 0 Å². The second-order valence-electron chi connectivity index (χ2n) is 10.3. The SMILES string of the molecule is COC(C)(C)CCCC1=CC=C(CCCC2=CC=C(CCCC(C)(C)CO)C2=O)C1=O. The van der Waals surface area contributed by atoms with Gasteiger partial charge in [-0.05, 0) is 99.3 Å². The molecule has 1 N–H and O–H groups in total. The minimum Gasteiger partial charge on any atom is -0.396 e. The predicted octanol–water partition coefficient (Wildman–Crippen LogP) is 5.81. The summed E-state index contributed by atoms with van der Waals surface area (Å²) in [5, 5.41) is 9.36. The Bertz CT molecular complexity index is 724. The molecular formula is C27H40O4. The first kappa shape index (κ1) is 25.5. The number of carbonyl (C=O) groups is 2. The fraction of sp³-hybridized carbons (Fsp3) is 0.630. The van der Waals surface area contributed by atoms with Gasteiger partial charge in [0.05, 0.1) is 5.60 Å². The van der Waals surface area contributed by atoms with E-state index in [1.54, 1.807) is 7.11 Å². The van der Waals surface area contributed by atoms with E-state index in [-0.39, 0.29) is 29.2 Å². The molecule has 31 heavy (non-hydrogen) atoms. The molecule has 0 aromatic rings. The molecule has 0 unspecified atom stereocenters. The molecule has 0 atom stereocenters. The molecule has 0 aromatic carbocycles. The van der Waals surface area contributed by atoms with Gasteiger partial charge in [-0.1, -0.05) is 38.2 Å². The van der Waals surface area contributed by atoms with Crippen LogP contribution in [0.3, 0.4) is 0 Å². The molecule has 2 aliphatic carbocycles. The van der Waals surface area contributed by atoms with Gasteiger partial charge >= 0.3 is 0 Å². The van der Waals surface area contributed by atoms with Crippen LogP contribution >= 0.6 is 0 Å². The Morgan fingerprint density at radius 2 is 1.10 bits per heavy atom. The van der Waals surface area contributed by atoms with E-state index in [0.717, 1.165) is 67.2 Å². The number of rotatable bonds is 14. The Balaban J connectivity index is 1.67. The molecule has 0 heterocycles. The van der Waals surface area contributed by atoms with E-state index in [1.165, 1.54) is 0 Å². The molecule has 0 aromatic heterocycles. The zero-order valence-electron chi connectivity index (χ0n) is 20.1. The van der Waals surface area contributed by atoms with Crippen LogP contribution < -0.4 is 0 Å². The maximum atomic E-state index is 12.6. The Morgan fingerprint density at radius 3 is 1.48 bits per heavy atom. The highest BCUT2D eigenvalue weighted by atomic mass is 16.5. The quantitative estimate of drug-likeness (QED) is 0.379. The summed E-state index contributed by atoms with van der Waals surface area (Å²) in [6.45, 7) is 8.38. The van der Waals surface area contributed by atoms with Crippen molar-refractivity contribution in [2.75, 3.05) is 13.7 Å². The molecule has 2 rings (SSSR count). The monoisotopic (exact) mass is 428 g/mol. The number of hydrogen-bond acceptors (Lipinski definition) is 4. The normalized spacial score (nSPS) is 17.1. The number of Topliss-reactive ketones (excluding diaryl/α,β-unsaturated/α-hetero) is 2. The largest absolute Gasteiger partial charge is 0.396 e. The molecule has 4 nitrogen and oxygen atoms in total. The van der Waals surface area contributed by atoms with Crippen molar-refractivity contribution in [2.45, 2.75) is 91.1 Å². The summed E-state index contributed by atoms with van der Waals surface area (Å²) in [6, 6.07) is 0. The van der Waals surface area contributed by atoms with E-state index in [0.29, 0.717) is 12.8 Å². The number of hydrogen-bond donors (Lipinski definition) is 1. The first-order valence-corrected chi connectivity index (χ1v) is 11.6. The first-order valence-electron chi connectivity index (χ1n) is 11.6. The number of methoxy groups -OCH3 is 1. The number of carbonyl (C=O) groups excluding carboxylic acids is 2. The lowest BCUT2D eigenvalue weighted by Crippen LogP contribution is -2.22. The summed E-state index contributed by atoms with van der Waals surface area (Å²) in [7, 11) is 1.72. The molecule has 0 fully saturated rings. The Kier molecular flexibility index (Phi) is 9.20. The van der Waals surface area contributed by atoms with Crippen LogP contribution in [0.4, 0.5) is 0 Å². The van der Waals surface area contributed by atoms with E-state index < -0.39 is 0 Å². The molecule has 0 spiro atoms. The molecule has 0 radical (unpaired) electrons. The maximum Gasteiger partial charge on any atom is 0.184 e. The fourth-order valence-corrected chi connectivity index (χ4v) is 4.02. The average Bonchev–Trinajstić information content (AvgIpc) is 3.25. The molecule has 0 bridgehead atoms. The lowest BCUT2D eigenvalue weighted by atomic mass is 9.87. The van der Waals surface area contributed by atoms with Gasteiger partial charge in [0.25, 0.3) is 0 Å². The van der Waals surface area contributed by atoms with Crippen molar-refractivity contribution in [1.29, 1.82) is 0 Å².